The van der Waals surface area contributed by atoms with Crippen LogP contribution in [0.5, 0.6) is 0 Å². The van der Waals surface area contributed by atoms with Crippen molar-refractivity contribution >= 4 is 28.3 Å². The summed E-state index contributed by atoms with van der Waals surface area (Å²) in [6.45, 7) is 1.42. The minimum atomic E-state index is -1.01. The Morgan fingerprint density at radius 2 is 1.85 bits per heavy atom. The molecule has 0 aromatic heterocycles. The molecule has 0 radical (unpaired) electrons. The van der Waals surface area contributed by atoms with Crippen molar-refractivity contribution in [1.82, 2.24) is 0 Å². The maximum Gasteiger partial charge on any atom is 0.239 e. The highest BCUT2D eigenvalue weighted by atomic mass is 16.1. The molecule has 0 spiro atoms. The average molecular weight is 267 g/mol. The molecule has 5 nitrogen and oxygen atoms in total. The second kappa shape index (κ2) is 5.41. The third-order valence-corrected chi connectivity index (χ3v) is 2.99. The summed E-state index contributed by atoms with van der Waals surface area (Å²) >= 11 is 0. The molecular weight excluding hydrogens is 254 g/mol. The second-order valence-corrected chi connectivity index (χ2v) is 4.39. The molecule has 0 aliphatic rings. The molecule has 0 saturated heterocycles. The van der Waals surface area contributed by atoms with Crippen LogP contribution in [0.25, 0.3) is 10.8 Å². The van der Waals surface area contributed by atoms with Crippen LogP contribution in [-0.2, 0) is 9.59 Å². The lowest BCUT2D eigenvalue weighted by Gasteiger charge is -2.13. The molecule has 20 heavy (non-hydrogen) atoms. The number of anilines is 1. The summed E-state index contributed by atoms with van der Waals surface area (Å²) in [4.78, 5) is 22.6. The first kappa shape index (κ1) is 13.6. The van der Waals surface area contributed by atoms with E-state index in [2.05, 4.69) is 5.32 Å². The number of nitriles is 1. The van der Waals surface area contributed by atoms with E-state index in [4.69, 9.17) is 11.0 Å². The number of nitrogens with zero attached hydrogens (tertiary/aromatic N) is 1. The Morgan fingerprint density at radius 1 is 1.20 bits per heavy atom. The maximum absolute atomic E-state index is 11.4. The Morgan fingerprint density at radius 3 is 2.40 bits per heavy atom. The molecule has 0 heterocycles. The summed E-state index contributed by atoms with van der Waals surface area (Å²) in [6.07, 6.45) is 0. The van der Waals surface area contributed by atoms with E-state index in [1.165, 1.54) is 6.92 Å². The largest absolute Gasteiger partial charge is 0.368 e. The van der Waals surface area contributed by atoms with Gasteiger partial charge in [-0.3, -0.25) is 9.59 Å². The number of hydrogen-bond acceptors (Lipinski definition) is 3. The number of benzene rings is 2. The van der Waals surface area contributed by atoms with Crippen molar-refractivity contribution in [3.8, 4) is 6.07 Å². The third kappa shape index (κ3) is 2.45. The highest BCUT2D eigenvalue weighted by molar-refractivity contribution is 6.04. The summed E-state index contributed by atoms with van der Waals surface area (Å²) in [5.74, 6) is -1.88. The zero-order chi connectivity index (χ0) is 14.7. The van der Waals surface area contributed by atoms with E-state index in [-0.39, 0.29) is 5.91 Å². The van der Waals surface area contributed by atoms with Gasteiger partial charge >= 0.3 is 0 Å². The average Bonchev–Trinajstić information content (AvgIpc) is 2.41. The number of primary amides is 1. The Balaban J connectivity index is 2.69. The normalized spacial score (nSPS) is 11.6. The van der Waals surface area contributed by atoms with E-state index in [0.717, 1.165) is 10.8 Å². The van der Waals surface area contributed by atoms with Gasteiger partial charge in [0.25, 0.3) is 0 Å². The smallest absolute Gasteiger partial charge is 0.239 e. The van der Waals surface area contributed by atoms with Crippen molar-refractivity contribution in [3.05, 3.63) is 42.0 Å². The van der Waals surface area contributed by atoms with Crippen LogP contribution in [0.1, 0.15) is 18.4 Å². The molecule has 0 fully saturated rings. The van der Waals surface area contributed by atoms with Gasteiger partial charge in [-0.1, -0.05) is 30.3 Å². The molecule has 0 bridgehead atoms. The molecule has 1 atom stereocenters. The quantitative estimate of drug-likeness (QED) is 0.888. The summed E-state index contributed by atoms with van der Waals surface area (Å²) in [6, 6.07) is 12.5. The van der Waals surface area contributed by atoms with E-state index in [9.17, 15) is 9.59 Å². The molecule has 2 aromatic rings. The van der Waals surface area contributed by atoms with Crippen molar-refractivity contribution in [2.45, 2.75) is 12.8 Å². The van der Waals surface area contributed by atoms with Crippen LogP contribution in [0.3, 0.4) is 0 Å². The molecule has 0 saturated carbocycles. The van der Waals surface area contributed by atoms with Crippen molar-refractivity contribution in [1.29, 1.82) is 5.26 Å². The minimum absolute atomic E-state index is 0.186. The van der Waals surface area contributed by atoms with Gasteiger partial charge in [0, 0.05) is 18.0 Å². The topological polar surface area (TPSA) is 96.0 Å². The number of carbonyl (C=O) groups excluding carboxylic acids is 2. The fourth-order valence-corrected chi connectivity index (χ4v) is 2.16. The number of carbonyl (C=O) groups is 2. The van der Waals surface area contributed by atoms with Crippen molar-refractivity contribution < 1.29 is 9.59 Å². The second-order valence-electron chi connectivity index (χ2n) is 4.39. The summed E-state index contributed by atoms with van der Waals surface area (Å²) < 4.78 is 0. The third-order valence-electron chi connectivity index (χ3n) is 2.99. The Kier molecular flexibility index (Phi) is 3.67. The number of fused-ring (bicyclic) bond motifs is 1. The van der Waals surface area contributed by atoms with Gasteiger partial charge in [-0.2, -0.15) is 5.26 Å². The fraction of sp³-hybridized carbons (Fsp3) is 0.133. The predicted octanol–water partition coefficient (Wildman–Crippen LogP) is 1.89. The zero-order valence-electron chi connectivity index (χ0n) is 10.9. The first-order valence-corrected chi connectivity index (χ1v) is 6.02. The van der Waals surface area contributed by atoms with Gasteiger partial charge < -0.3 is 11.1 Å². The first-order chi connectivity index (χ1) is 9.54. The van der Waals surface area contributed by atoms with Crippen LogP contribution < -0.4 is 11.1 Å². The first-order valence-electron chi connectivity index (χ1n) is 6.02. The van der Waals surface area contributed by atoms with Crippen molar-refractivity contribution in [2.24, 2.45) is 5.73 Å². The van der Waals surface area contributed by atoms with Gasteiger partial charge in [0.15, 0.2) is 5.92 Å². The lowest BCUT2D eigenvalue weighted by atomic mass is 9.93. The lowest BCUT2D eigenvalue weighted by Crippen LogP contribution is -2.20. The molecule has 1 unspecified atom stereocenters. The van der Waals surface area contributed by atoms with E-state index in [1.807, 2.05) is 18.2 Å². The van der Waals surface area contributed by atoms with Gasteiger partial charge in [-0.15, -0.1) is 0 Å². The highest BCUT2D eigenvalue weighted by Crippen LogP contribution is 2.30. The molecule has 100 valence electrons. The molecule has 2 aromatic carbocycles. The number of nitrogens with one attached hydrogen (secondary N) is 1. The molecule has 0 aliphatic heterocycles. The number of nitrogens with two attached hydrogens (primary N) is 1. The van der Waals surface area contributed by atoms with Gasteiger partial charge in [0.1, 0.15) is 0 Å². The van der Waals surface area contributed by atoms with E-state index in [0.29, 0.717) is 11.3 Å². The predicted molar refractivity (Wildman–Crippen MR) is 75.8 cm³/mol. The van der Waals surface area contributed by atoms with Gasteiger partial charge in [0.2, 0.25) is 11.8 Å². The molecular formula is C15H13N3O2. The minimum Gasteiger partial charge on any atom is -0.368 e. The van der Waals surface area contributed by atoms with Gasteiger partial charge in [-0.05, 0) is 17.0 Å². The molecule has 5 heteroatoms. The van der Waals surface area contributed by atoms with Crippen LogP contribution >= 0.6 is 0 Å². The number of rotatable bonds is 3. The van der Waals surface area contributed by atoms with Crippen LogP contribution in [0, 0.1) is 11.3 Å². The summed E-state index contributed by atoms with van der Waals surface area (Å²) in [5.41, 5.74) is 6.44. The SMILES string of the molecule is CC(=O)Nc1ccc(C(C#N)C(N)=O)c2ccccc12. The van der Waals surface area contributed by atoms with E-state index < -0.39 is 11.8 Å². The Bertz CT molecular complexity index is 731. The Hall–Kier alpha value is -2.87. The zero-order valence-corrected chi connectivity index (χ0v) is 10.9. The van der Waals surface area contributed by atoms with Crippen molar-refractivity contribution in [3.63, 3.8) is 0 Å². The van der Waals surface area contributed by atoms with Crippen molar-refractivity contribution in [2.75, 3.05) is 5.32 Å². The van der Waals surface area contributed by atoms with E-state index >= 15 is 0 Å². The van der Waals surface area contributed by atoms with Crippen LogP contribution in [-0.4, -0.2) is 11.8 Å². The fourth-order valence-electron chi connectivity index (χ4n) is 2.16. The van der Waals surface area contributed by atoms with E-state index in [1.54, 1.807) is 24.3 Å². The van der Waals surface area contributed by atoms with Crippen LogP contribution in [0.2, 0.25) is 0 Å². The van der Waals surface area contributed by atoms with Gasteiger partial charge in [0.05, 0.1) is 6.07 Å². The maximum atomic E-state index is 11.4. The standard InChI is InChI=1S/C15H13N3O2/c1-9(19)18-14-7-6-11(13(8-16)15(17)20)10-4-2-3-5-12(10)14/h2-7,13H,1H3,(H2,17,20)(H,18,19). The molecule has 2 rings (SSSR count). The number of hydrogen-bond donors (Lipinski definition) is 2. The molecule has 3 N–H and O–H groups in total. The lowest BCUT2D eigenvalue weighted by molar-refractivity contribution is -0.118. The highest BCUT2D eigenvalue weighted by Gasteiger charge is 2.20. The van der Waals surface area contributed by atoms with Crippen LogP contribution in [0.4, 0.5) is 5.69 Å². The van der Waals surface area contributed by atoms with Gasteiger partial charge in [-0.25, -0.2) is 0 Å². The molecule has 0 aliphatic carbocycles. The molecule has 2 amide bonds. The monoisotopic (exact) mass is 267 g/mol. The van der Waals surface area contributed by atoms with Crippen LogP contribution in [0.15, 0.2) is 36.4 Å². The summed E-state index contributed by atoms with van der Waals surface area (Å²) in [5, 5.41) is 13.3. The number of amides is 2. The Labute approximate surface area is 116 Å². The summed E-state index contributed by atoms with van der Waals surface area (Å²) in [7, 11) is 0.